The number of ether oxygens (including phenoxy) is 1. The molecule has 1 aromatic heterocycles. The van der Waals surface area contributed by atoms with Crippen molar-refractivity contribution in [1.29, 1.82) is 0 Å². The van der Waals surface area contributed by atoms with Crippen molar-refractivity contribution >= 4 is 22.9 Å². The fraction of sp³-hybridized carbons (Fsp3) is 0.333. The molecule has 10 heteroatoms. The molecule has 3 aromatic rings. The van der Waals surface area contributed by atoms with Gasteiger partial charge in [-0.25, -0.2) is 18.6 Å². The Bertz CT molecular complexity index is 1300. The standard InChI is InChI=1S/C24H26F2N4O4/c1-5-16(29-23(33)34-24(2,3)4)21-28-17-11-7-10-15(19(25)26)18(17)22(32)30(21)14-9-6-8-13(12-14)20(27)31/h6-12,16,19H,5H2,1-4H3,(H2,27,31)(H,29,33)/t16-/m0/s1. The van der Waals surface area contributed by atoms with E-state index in [1.54, 1.807) is 27.7 Å². The summed E-state index contributed by atoms with van der Waals surface area (Å²) in [6, 6.07) is 9.07. The van der Waals surface area contributed by atoms with E-state index in [-0.39, 0.29) is 28.0 Å². The number of halogens is 2. The summed E-state index contributed by atoms with van der Waals surface area (Å²) in [6.07, 6.45) is -3.33. The molecular formula is C24H26F2N4O4. The van der Waals surface area contributed by atoms with E-state index in [0.717, 1.165) is 10.6 Å². The normalized spacial score (nSPS) is 12.6. The van der Waals surface area contributed by atoms with E-state index >= 15 is 0 Å². The largest absolute Gasteiger partial charge is 0.444 e. The van der Waals surface area contributed by atoms with E-state index in [0.29, 0.717) is 6.42 Å². The number of aromatic nitrogens is 2. The third kappa shape index (κ3) is 5.22. The van der Waals surface area contributed by atoms with Gasteiger partial charge in [0.2, 0.25) is 5.91 Å². The van der Waals surface area contributed by atoms with Crippen molar-refractivity contribution in [1.82, 2.24) is 14.9 Å². The van der Waals surface area contributed by atoms with Crippen LogP contribution in [-0.2, 0) is 4.74 Å². The summed E-state index contributed by atoms with van der Waals surface area (Å²) in [6.45, 7) is 6.88. The van der Waals surface area contributed by atoms with Crippen LogP contribution in [-0.4, -0.2) is 27.2 Å². The summed E-state index contributed by atoms with van der Waals surface area (Å²) >= 11 is 0. The van der Waals surface area contributed by atoms with Crippen LogP contribution in [0.25, 0.3) is 16.6 Å². The van der Waals surface area contributed by atoms with E-state index in [9.17, 15) is 23.2 Å². The minimum absolute atomic E-state index is 0.0598. The van der Waals surface area contributed by atoms with Crippen LogP contribution in [0.15, 0.2) is 47.3 Å². The molecule has 1 heterocycles. The quantitative estimate of drug-likeness (QED) is 0.552. The number of hydrogen-bond acceptors (Lipinski definition) is 5. The summed E-state index contributed by atoms with van der Waals surface area (Å²) in [5.41, 5.74) is 3.77. The molecule has 0 aliphatic rings. The maximum Gasteiger partial charge on any atom is 0.408 e. The Morgan fingerprint density at radius 1 is 1.18 bits per heavy atom. The zero-order valence-corrected chi connectivity index (χ0v) is 19.3. The Balaban J connectivity index is 2.31. The first kappa shape index (κ1) is 24.8. The lowest BCUT2D eigenvalue weighted by atomic mass is 10.1. The molecule has 0 spiro atoms. The molecule has 3 N–H and O–H groups in total. The average Bonchev–Trinajstić information content (AvgIpc) is 2.75. The van der Waals surface area contributed by atoms with Crippen molar-refractivity contribution in [2.75, 3.05) is 0 Å². The van der Waals surface area contributed by atoms with Crippen LogP contribution in [0.2, 0.25) is 0 Å². The van der Waals surface area contributed by atoms with Gasteiger partial charge in [0, 0.05) is 11.1 Å². The second-order valence-corrected chi connectivity index (χ2v) is 8.67. The van der Waals surface area contributed by atoms with Gasteiger partial charge in [-0.15, -0.1) is 0 Å². The number of carbonyl (C=O) groups is 2. The van der Waals surface area contributed by atoms with Crippen molar-refractivity contribution in [2.24, 2.45) is 5.73 Å². The number of nitrogens with zero attached hydrogens (tertiary/aromatic N) is 2. The van der Waals surface area contributed by atoms with E-state index in [1.165, 1.54) is 36.4 Å². The molecule has 2 aromatic carbocycles. The maximum atomic E-state index is 13.7. The zero-order valence-electron chi connectivity index (χ0n) is 19.3. The lowest BCUT2D eigenvalue weighted by Crippen LogP contribution is -2.38. The molecular weight excluding hydrogens is 446 g/mol. The minimum atomic E-state index is -2.91. The number of primary amides is 1. The summed E-state index contributed by atoms with van der Waals surface area (Å²) in [7, 11) is 0. The van der Waals surface area contributed by atoms with Gasteiger partial charge in [-0.05, 0) is 51.5 Å². The molecule has 0 aliphatic heterocycles. The second-order valence-electron chi connectivity index (χ2n) is 8.67. The van der Waals surface area contributed by atoms with Crippen molar-refractivity contribution in [3.63, 3.8) is 0 Å². The average molecular weight is 472 g/mol. The molecule has 0 aliphatic carbocycles. The number of nitrogens with one attached hydrogen (secondary N) is 1. The molecule has 180 valence electrons. The molecule has 0 unspecified atom stereocenters. The van der Waals surface area contributed by atoms with Crippen molar-refractivity contribution < 1.29 is 23.1 Å². The highest BCUT2D eigenvalue weighted by Crippen LogP contribution is 2.27. The lowest BCUT2D eigenvalue weighted by molar-refractivity contribution is 0.0499. The van der Waals surface area contributed by atoms with E-state index < -0.39 is 41.2 Å². The summed E-state index contributed by atoms with van der Waals surface area (Å²) in [5, 5.41) is 2.44. The van der Waals surface area contributed by atoms with Crippen molar-refractivity contribution in [3.8, 4) is 5.69 Å². The number of benzene rings is 2. The minimum Gasteiger partial charge on any atom is -0.444 e. The predicted molar refractivity (Wildman–Crippen MR) is 123 cm³/mol. The molecule has 2 amide bonds. The van der Waals surface area contributed by atoms with Gasteiger partial charge in [-0.2, -0.15) is 0 Å². The SMILES string of the molecule is CC[C@H](NC(=O)OC(C)(C)C)c1nc2cccc(C(F)F)c2c(=O)n1-c1cccc(C(N)=O)c1. The smallest absolute Gasteiger partial charge is 0.408 e. The van der Waals surface area contributed by atoms with Gasteiger partial charge in [-0.3, -0.25) is 14.2 Å². The number of alkyl carbamates (subject to hydrolysis) is 1. The van der Waals surface area contributed by atoms with E-state index in [4.69, 9.17) is 10.5 Å². The first-order valence-electron chi connectivity index (χ1n) is 10.7. The summed E-state index contributed by atoms with van der Waals surface area (Å²) in [4.78, 5) is 42.3. The Morgan fingerprint density at radius 2 is 1.85 bits per heavy atom. The highest BCUT2D eigenvalue weighted by atomic mass is 19.3. The zero-order chi connectivity index (χ0) is 25.2. The molecule has 0 bridgehead atoms. The Hall–Kier alpha value is -3.82. The van der Waals surface area contributed by atoms with Gasteiger partial charge in [0.05, 0.1) is 22.6 Å². The van der Waals surface area contributed by atoms with Gasteiger partial charge in [0.1, 0.15) is 11.4 Å². The summed E-state index contributed by atoms with van der Waals surface area (Å²) < 4.78 is 33.9. The number of carbonyl (C=O) groups excluding carboxylic acids is 2. The van der Waals surface area contributed by atoms with Crippen molar-refractivity contribution in [3.05, 3.63) is 69.8 Å². The lowest BCUT2D eigenvalue weighted by Gasteiger charge is -2.25. The number of alkyl halides is 2. The van der Waals surface area contributed by atoms with Crippen LogP contribution in [0.3, 0.4) is 0 Å². The van der Waals surface area contributed by atoms with E-state index in [2.05, 4.69) is 10.3 Å². The summed E-state index contributed by atoms with van der Waals surface area (Å²) in [5.74, 6) is -0.628. The van der Waals surface area contributed by atoms with Gasteiger partial charge in [-0.1, -0.05) is 25.1 Å². The molecule has 1 atom stereocenters. The third-order valence-electron chi connectivity index (χ3n) is 4.99. The van der Waals surface area contributed by atoms with Crippen molar-refractivity contribution in [2.45, 2.75) is 52.2 Å². The van der Waals surface area contributed by atoms with Gasteiger partial charge < -0.3 is 15.8 Å². The molecule has 0 saturated carbocycles. The molecule has 0 saturated heterocycles. The molecule has 3 rings (SSSR count). The molecule has 0 radical (unpaired) electrons. The van der Waals surface area contributed by atoms with Gasteiger partial charge in [0.25, 0.3) is 12.0 Å². The van der Waals surface area contributed by atoms with Gasteiger partial charge >= 0.3 is 6.09 Å². The topological polar surface area (TPSA) is 116 Å². The first-order valence-corrected chi connectivity index (χ1v) is 10.7. The van der Waals surface area contributed by atoms with Gasteiger partial charge in [0.15, 0.2) is 0 Å². The first-order chi connectivity index (χ1) is 15.9. The second kappa shape index (κ2) is 9.58. The fourth-order valence-electron chi connectivity index (χ4n) is 3.54. The monoisotopic (exact) mass is 472 g/mol. The number of hydrogen-bond donors (Lipinski definition) is 2. The Kier molecular flexibility index (Phi) is 6.99. The Morgan fingerprint density at radius 3 is 2.44 bits per heavy atom. The number of amides is 2. The van der Waals surface area contributed by atoms with Crippen LogP contribution in [0.4, 0.5) is 13.6 Å². The van der Waals surface area contributed by atoms with Crippen LogP contribution >= 0.6 is 0 Å². The fourth-order valence-corrected chi connectivity index (χ4v) is 3.54. The molecule has 0 fully saturated rings. The highest BCUT2D eigenvalue weighted by Gasteiger charge is 2.26. The highest BCUT2D eigenvalue weighted by molar-refractivity contribution is 5.93. The molecule has 8 nitrogen and oxygen atoms in total. The van der Waals surface area contributed by atoms with Crippen LogP contribution in [0.5, 0.6) is 0 Å². The molecule has 34 heavy (non-hydrogen) atoms. The Labute approximate surface area is 194 Å². The number of fused-ring (bicyclic) bond motifs is 1. The maximum absolute atomic E-state index is 13.7. The predicted octanol–water partition coefficient (Wildman–Crippen LogP) is 4.40. The number of rotatable bonds is 6. The third-order valence-corrected chi connectivity index (χ3v) is 4.99. The van der Waals surface area contributed by atoms with E-state index in [1.807, 2.05) is 0 Å². The van der Waals surface area contributed by atoms with Crippen LogP contribution < -0.4 is 16.6 Å². The van der Waals surface area contributed by atoms with Crippen LogP contribution in [0.1, 0.15) is 68.3 Å². The number of nitrogens with two attached hydrogens (primary N) is 1. The van der Waals surface area contributed by atoms with Crippen LogP contribution in [0, 0.1) is 0 Å².